The number of carboxylic acid groups (broad SMARTS) is 1. The summed E-state index contributed by atoms with van der Waals surface area (Å²) in [6.07, 6.45) is 2.42. The van der Waals surface area contributed by atoms with Crippen LogP contribution in [-0.4, -0.2) is 60.4 Å². The van der Waals surface area contributed by atoms with Crippen LogP contribution in [0, 0.1) is 0 Å². The molecule has 1 aliphatic rings. The van der Waals surface area contributed by atoms with Crippen LogP contribution in [0.15, 0.2) is 0 Å². The number of rotatable bonds is 8. The molecule has 0 bridgehead atoms. The fourth-order valence-electron chi connectivity index (χ4n) is 2.00. The Morgan fingerprint density at radius 1 is 1.47 bits per heavy atom. The molecular weight excluding hydrogens is 250 g/mol. The first-order chi connectivity index (χ1) is 9.00. The van der Waals surface area contributed by atoms with Gasteiger partial charge in [0.15, 0.2) is 0 Å². The summed E-state index contributed by atoms with van der Waals surface area (Å²) < 4.78 is 10.8. The number of amides is 1. The van der Waals surface area contributed by atoms with Gasteiger partial charge in [0.05, 0.1) is 25.7 Å². The number of carbonyl (C=O) groups excluding carboxylic acids is 1. The van der Waals surface area contributed by atoms with Crippen molar-refractivity contribution in [2.45, 2.75) is 45.3 Å². The number of hydrogen-bond donors (Lipinski definition) is 1. The van der Waals surface area contributed by atoms with Crippen molar-refractivity contribution >= 4 is 11.9 Å². The molecule has 0 saturated carbocycles. The molecule has 6 heteroatoms. The second-order valence-corrected chi connectivity index (χ2v) is 4.97. The molecule has 0 aliphatic carbocycles. The number of aliphatic carboxylic acids is 1. The van der Waals surface area contributed by atoms with Crippen molar-refractivity contribution in [3.05, 3.63) is 0 Å². The minimum absolute atomic E-state index is 0.123. The number of carboxylic acids is 1. The quantitative estimate of drug-likeness (QED) is 0.665. The maximum atomic E-state index is 11.9. The predicted octanol–water partition coefficient (Wildman–Crippen LogP) is 0.894. The standard InChI is InChI=1S/C13H23NO5/c1-10(2)14(8-13(16)17)12(15)5-7-18-9-11-4-3-6-19-11/h10-11H,3-9H2,1-2H3,(H,16,17). The SMILES string of the molecule is CC(C)N(CC(=O)O)C(=O)CCOCC1CCCO1. The Morgan fingerprint density at radius 3 is 2.74 bits per heavy atom. The number of nitrogens with zero attached hydrogens (tertiary/aromatic N) is 1. The fourth-order valence-corrected chi connectivity index (χ4v) is 2.00. The van der Waals surface area contributed by atoms with Gasteiger partial charge in [-0.3, -0.25) is 9.59 Å². The molecule has 1 saturated heterocycles. The van der Waals surface area contributed by atoms with E-state index in [1.165, 1.54) is 4.90 Å². The first-order valence-electron chi connectivity index (χ1n) is 6.71. The van der Waals surface area contributed by atoms with E-state index in [1.54, 1.807) is 13.8 Å². The minimum Gasteiger partial charge on any atom is -0.480 e. The molecule has 1 rings (SSSR count). The lowest BCUT2D eigenvalue weighted by molar-refractivity contribution is -0.146. The average molecular weight is 273 g/mol. The molecule has 1 aliphatic heterocycles. The third kappa shape index (κ3) is 6.02. The zero-order valence-corrected chi connectivity index (χ0v) is 11.6. The highest BCUT2D eigenvalue weighted by molar-refractivity contribution is 5.81. The summed E-state index contributed by atoms with van der Waals surface area (Å²) >= 11 is 0. The van der Waals surface area contributed by atoms with Gasteiger partial charge in [0.1, 0.15) is 6.54 Å². The molecule has 1 heterocycles. The van der Waals surface area contributed by atoms with Gasteiger partial charge in [0.2, 0.25) is 5.91 Å². The van der Waals surface area contributed by atoms with E-state index >= 15 is 0 Å². The molecule has 19 heavy (non-hydrogen) atoms. The zero-order chi connectivity index (χ0) is 14.3. The van der Waals surface area contributed by atoms with Crippen LogP contribution < -0.4 is 0 Å². The molecular formula is C13H23NO5. The summed E-state index contributed by atoms with van der Waals surface area (Å²) in [5.74, 6) is -1.19. The van der Waals surface area contributed by atoms with Crippen LogP contribution in [0.1, 0.15) is 33.1 Å². The van der Waals surface area contributed by atoms with Crippen LogP contribution in [0.25, 0.3) is 0 Å². The predicted molar refractivity (Wildman–Crippen MR) is 68.9 cm³/mol. The molecule has 110 valence electrons. The van der Waals surface area contributed by atoms with Crippen molar-refractivity contribution in [2.75, 3.05) is 26.4 Å². The van der Waals surface area contributed by atoms with Crippen LogP contribution in [0.2, 0.25) is 0 Å². The van der Waals surface area contributed by atoms with Gasteiger partial charge < -0.3 is 19.5 Å². The lowest BCUT2D eigenvalue weighted by Crippen LogP contribution is -2.41. The molecule has 0 aromatic heterocycles. The molecule has 1 amide bonds. The Morgan fingerprint density at radius 2 is 2.21 bits per heavy atom. The van der Waals surface area contributed by atoms with Crippen molar-refractivity contribution in [3.8, 4) is 0 Å². The van der Waals surface area contributed by atoms with Crippen molar-refractivity contribution < 1.29 is 24.2 Å². The zero-order valence-electron chi connectivity index (χ0n) is 11.6. The summed E-state index contributed by atoms with van der Waals surface area (Å²) in [6, 6.07) is -0.123. The van der Waals surface area contributed by atoms with E-state index in [-0.39, 0.29) is 31.0 Å². The fraction of sp³-hybridized carbons (Fsp3) is 0.846. The van der Waals surface area contributed by atoms with Gasteiger partial charge in [0.25, 0.3) is 0 Å². The summed E-state index contributed by atoms with van der Waals surface area (Å²) in [6.45, 7) is 4.94. The van der Waals surface area contributed by atoms with Gasteiger partial charge in [-0.25, -0.2) is 0 Å². The third-order valence-electron chi connectivity index (χ3n) is 3.04. The van der Waals surface area contributed by atoms with Gasteiger partial charge in [-0.1, -0.05) is 0 Å². The maximum absolute atomic E-state index is 11.9. The minimum atomic E-state index is -0.998. The smallest absolute Gasteiger partial charge is 0.323 e. The average Bonchev–Trinajstić information content (AvgIpc) is 2.83. The summed E-state index contributed by atoms with van der Waals surface area (Å²) in [5, 5.41) is 8.76. The van der Waals surface area contributed by atoms with Crippen molar-refractivity contribution in [2.24, 2.45) is 0 Å². The van der Waals surface area contributed by atoms with Crippen LogP contribution >= 0.6 is 0 Å². The van der Waals surface area contributed by atoms with Gasteiger partial charge in [-0.15, -0.1) is 0 Å². The molecule has 0 aromatic rings. The first-order valence-corrected chi connectivity index (χ1v) is 6.71. The van der Waals surface area contributed by atoms with E-state index in [1.807, 2.05) is 0 Å². The number of ether oxygens (including phenoxy) is 2. The highest BCUT2D eigenvalue weighted by atomic mass is 16.5. The van der Waals surface area contributed by atoms with Crippen LogP contribution in [0.3, 0.4) is 0 Å². The van der Waals surface area contributed by atoms with Crippen molar-refractivity contribution in [1.82, 2.24) is 4.90 Å². The van der Waals surface area contributed by atoms with Gasteiger partial charge in [-0.2, -0.15) is 0 Å². The Labute approximate surface area is 113 Å². The molecule has 0 spiro atoms. The van der Waals surface area contributed by atoms with E-state index in [9.17, 15) is 9.59 Å². The lowest BCUT2D eigenvalue weighted by atomic mass is 10.2. The Hall–Kier alpha value is -1.14. The largest absolute Gasteiger partial charge is 0.480 e. The molecule has 1 fully saturated rings. The monoisotopic (exact) mass is 273 g/mol. The maximum Gasteiger partial charge on any atom is 0.323 e. The van der Waals surface area contributed by atoms with Crippen LogP contribution in [0.4, 0.5) is 0 Å². The molecule has 1 N–H and O–H groups in total. The number of carbonyl (C=O) groups is 2. The topological polar surface area (TPSA) is 76.1 Å². The van der Waals surface area contributed by atoms with Crippen molar-refractivity contribution in [3.63, 3.8) is 0 Å². The highest BCUT2D eigenvalue weighted by Gasteiger charge is 2.20. The molecule has 0 aromatic carbocycles. The lowest BCUT2D eigenvalue weighted by Gasteiger charge is -2.24. The summed E-state index contributed by atoms with van der Waals surface area (Å²) in [7, 11) is 0. The van der Waals surface area contributed by atoms with Crippen LogP contribution in [-0.2, 0) is 19.1 Å². The van der Waals surface area contributed by atoms with Gasteiger partial charge >= 0.3 is 5.97 Å². The highest BCUT2D eigenvalue weighted by Crippen LogP contribution is 2.12. The Kier molecular flexibility index (Phi) is 6.80. The molecule has 6 nitrogen and oxygen atoms in total. The Balaban J connectivity index is 2.21. The molecule has 1 atom stereocenters. The van der Waals surface area contributed by atoms with Crippen LogP contribution in [0.5, 0.6) is 0 Å². The van der Waals surface area contributed by atoms with Gasteiger partial charge in [0, 0.05) is 12.6 Å². The molecule has 1 unspecified atom stereocenters. The van der Waals surface area contributed by atoms with E-state index in [0.29, 0.717) is 13.2 Å². The Bertz CT molecular complexity index is 299. The van der Waals surface area contributed by atoms with E-state index in [4.69, 9.17) is 14.6 Å². The normalized spacial score (nSPS) is 18.8. The van der Waals surface area contributed by atoms with E-state index < -0.39 is 5.97 Å². The van der Waals surface area contributed by atoms with Gasteiger partial charge in [-0.05, 0) is 26.7 Å². The van der Waals surface area contributed by atoms with Crippen molar-refractivity contribution in [1.29, 1.82) is 0 Å². The summed E-state index contributed by atoms with van der Waals surface area (Å²) in [4.78, 5) is 23.9. The first kappa shape index (κ1) is 15.9. The van der Waals surface area contributed by atoms with E-state index in [0.717, 1.165) is 19.4 Å². The van der Waals surface area contributed by atoms with E-state index in [2.05, 4.69) is 0 Å². The molecule has 0 radical (unpaired) electrons. The summed E-state index contributed by atoms with van der Waals surface area (Å²) in [5.41, 5.74) is 0. The second-order valence-electron chi connectivity index (χ2n) is 4.97. The number of hydrogen-bond acceptors (Lipinski definition) is 4. The third-order valence-corrected chi connectivity index (χ3v) is 3.04. The second kappa shape index (κ2) is 8.12.